The number of carbonyl (C=O) groups is 3. The quantitative estimate of drug-likeness (QED) is 0.283. The number of fused-ring (bicyclic) bond motifs is 1. The molecule has 0 radical (unpaired) electrons. The van der Waals surface area contributed by atoms with Gasteiger partial charge < -0.3 is 19.3 Å². The lowest BCUT2D eigenvalue weighted by molar-refractivity contribution is -0.119. The number of para-hydroxylation sites is 1. The van der Waals surface area contributed by atoms with Gasteiger partial charge in [-0.1, -0.05) is 41.6 Å². The molecular formula is C27H24N2O6. The molecule has 1 heterocycles. The van der Waals surface area contributed by atoms with Crippen molar-refractivity contribution in [3.05, 3.63) is 88.8 Å². The first-order valence-electron chi connectivity index (χ1n) is 11.0. The minimum absolute atomic E-state index is 0.155. The lowest BCUT2D eigenvalue weighted by Crippen LogP contribution is -2.22. The highest BCUT2D eigenvalue weighted by molar-refractivity contribution is 6.05. The number of nitrogens with one attached hydrogen (secondary N) is 1. The zero-order valence-electron chi connectivity index (χ0n) is 19.6. The molecule has 0 fully saturated rings. The van der Waals surface area contributed by atoms with Crippen LogP contribution in [0.3, 0.4) is 0 Å². The normalized spacial score (nSPS) is 10.7. The van der Waals surface area contributed by atoms with Gasteiger partial charge >= 0.3 is 5.97 Å². The number of rotatable bonds is 8. The van der Waals surface area contributed by atoms with Crippen LogP contribution in [-0.4, -0.2) is 29.4 Å². The molecule has 0 aliphatic carbocycles. The van der Waals surface area contributed by atoms with Gasteiger partial charge in [0.25, 0.3) is 5.91 Å². The molecule has 35 heavy (non-hydrogen) atoms. The van der Waals surface area contributed by atoms with Gasteiger partial charge in [0.05, 0.1) is 16.9 Å². The number of nitrogens with zero attached hydrogens (tertiary/aromatic N) is 1. The molecule has 0 atom stereocenters. The molecule has 0 aliphatic heterocycles. The van der Waals surface area contributed by atoms with Crippen molar-refractivity contribution in [3.63, 3.8) is 0 Å². The first kappa shape index (κ1) is 23.7. The monoisotopic (exact) mass is 472 g/mol. The van der Waals surface area contributed by atoms with Crippen LogP contribution in [0.25, 0.3) is 10.8 Å². The summed E-state index contributed by atoms with van der Waals surface area (Å²) < 4.78 is 16.4. The molecule has 0 unspecified atom stereocenters. The van der Waals surface area contributed by atoms with Crippen molar-refractivity contribution in [1.29, 1.82) is 0 Å². The van der Waals surface area contributed by atoms with E-state index in [4.69, 9.17) is 14.0 Å². The number of Topliss-reactive ketones (excluding diaryl/α,β-unsaturated/α-hetero) is 1. The number of aromatic nitrogens is 1. The van der Waals surface area contributed by atoms with Crippen LogP contribution in [0.4, 0.5) is 5.69 Å². The summed E-state index contributed by atoms with van der Waals surface area (Å²) in [6.07, 6.45) is 0. The molecule has 1 amide bonds. The predicted molar refractivity (Wildman–Crippen MR) is 130 cm³/mol. The van der Waals surface area contributed by atoms with Crippen molar-refractivity contribution in [2.24, 2.45) is 0 Å². The van der Waals surface area contributed by atoms with Gasteiger partial charge in [0.15, 0.2) is 12.4 Å². The smallest absolute Gasteiger partial charge is 0.342 e. The van der Waals surface area contributed by atoms with Gasteiger partial charge in [0.2, 0.25) is 0 Å². The van der Waals surface area contributed by atoms with Crippen molar-refractivity contribution >= 4 is 34.1 Å². The van der Waals surface area contributed by atoms with Crippen LogP contribution in [-0.2, 0) is 16.1 Å². The second-order valence-electron chi connectivity index (χ2n) is 8.01. The van der Waals surface area contributed by atoms with Crippen molar-refractivity contribution < 1.29 is 28.4 Å². The molecule has 8 nitrogen and oxygen atoms in total. The highest BCUT2D eigenvalue weighted by atomic mass is 16.5. The van der Waals surface area contributed by atoms with Crippen LogP contribution in [0.1, 0.15) is 44.7 Å². The number of esters is 1. The number of hydrogen-bond acceptors (Lipinski definition) is 7. The van der Waals surface area contributed by atoms with E-state index in [1.165, 1.54) is 6.92 Å². The Kier molecular flexibility index (Phi) is 6.91. The first-order chi connectivity index (χ1) is 16.8. The van der Waals surface area contributed by atoms with Crippen molar-refractivity contribution in [2.45, 2.75) is 27.4 Å². The first-order valence-corrected chi connectivity index (χ1v) is 11.0. The Bertz CT molecular complexity index is 1400. The maximum atomic E-state index is 13.0. The number of hydrogen-bond donors (Lipinski definition) is 1. The third kappa shape index (κ3) is 5.38. The minimum Gasteiger partial charge on any atom is -0.488 e. The average Bonchev–Trinajstić information content (AvgIpc) is 3.17. The van der Waals surface area contributed by atoms with Gasteiger partial charge in [-0.15, -0.1) is 0 Å². The Labute approximate surface area is 201 Å². The van der Waals surface area contributed by atoms with E-state index in [9.17, 15) is 14.4 Å². The molecule has 4 aromatic rings. The van der Waals surface area contributed by atoms with Crippen molar-refractivity contribution in [1.82, 2.24) is 5.16 Å². The minimum atomic E-state index is -0.709. The van der Waals surface area contributed by atoms with E-state index in [-0.39, 0.29) is 18.0 Å². The summed E-state index contributed by atoms with van der Waals surface area (Å²) in [4.78, 5) is 37.2. The van der Waals surface area contributed by atoms with E-state index >= 15 is 0 Å². The summed E-state index contributed by atoms with van der Waals surface area (Å²) in [5.74, 6) is -0.509. The molecule has 178 valence electrons. The van der Waals surface area contributed by atoms with E-state index in [0.717, 1.165) is 16.3 Å². The van der Waals surface area contributed by atoms with E-state index in [1.807, 2.05) is 31.2 Å². The van der Waals surface area contributed by atoms with Gasteiger partial charge in [-0.2, -0.15) is 0 Å². The number of anilines is 1. The van der Waals surface area contributed by atoms with Crippen LogP contribution in [0.5, 0.6) is 5.75 Å². The number of carbonyl (C=O) groups excluding carboxylic acids is 3. The van der Waals surface area contributed by atoms with Crippen LogP contribution >= 0.6 is 0 Å². The summed E-state index contributed by atoms with van der Waals surface area (Å²) >= 11 is 0. The maximum absolute atomic E-state index is 13.0. The van der Waals surface area contributed by atoms with Crippen LogP contribution in [0.2, 0.25) is 0 Å². The maximum Gasteiger partial charge on any atom is 0.342 e. The Morgan fingerprint density at radius 1 is 0.943 bits per heavy atom. The zero-order valence-corrected chi connectivity index (χ0v) is 19.6. The van der Waals surface area contributed by atoms with E-state index in [2.05, 4.69) is 10.5 Å². The summed E-state index contributed by atoms with van der Waals surface area (Å²) in [6, 6.07) is 17.6. The van der Waals surface area contributed by atoms with Crippen molar-refractivity contribution in [2.75, 3.05) is 11.9 Å². The number of ether oxygens (including phenoxy) is 2. The Morgan fingerprint density at radius 2 is 1.63 bits per heavy atom. The molecule has 0 spiro atoms. The Balaban J connectivity index is 1.51. The zero-order chi connectivity index (χ0) is 24.9. The Hall–Kier alpha value is -4.46. The molecule has 0 saturated heterocycles. The molecule has 1 aromatic heterocycles. The molecule has 0 aliphatic rings. The standard InChI is InChI=1S/C27H24N2O6/c1-16-23(18(3)35-29-16)14-33-25-13-20-9-5-4-8-19(20)12-22(25)27(32)34-15-26(31)28-24-11-7-6-10-21(24)17(2)30/h4-13H,14-15H2,1-3H3,(H,28,31). The molecule has 4 rings (SSSR count). The van der Waals surface area contributed by atoms with Gasteiger partial charge in [0, 0.05) is 5.56 Å². The van der Waals surface area contributed by atoms with Crippen LogP contribution < -0.4 is 10.1 Å². The highest BCUT2D eigenvalue weighted by Gasteiger charge is 2.19. The number of amides is 1. The average molecular weight is 472 g/mol. The predicted octanol–water partition coefficient (Wildman–Crippen LogP) is 5.02. The second-order valence-corrected chi connectivity index (χ2v) is 8.01. The van der Waals surface area contributed by atoms with Crippen molar-refractivity contribution in [3.8, 4) is 5.75 Å². The molecule has 3 aromatic carbocycles. The summed E-state index contributed by atoms with van der Waals surface area (Å²) in [6.45, 7) is 4.64. The van der Waals surface area contributed by atoms with E-state index in [1.54, 1.807) is 43.3 Å². The number of ketones is 1. The summed E-state index contributed by atoms with van der Waals surface area (Å²) in [5, 5.41) is 8.25. The lowest BCUT2D eigenvalue weighted by Gasteiger charge is -2.13. The third-order valence-corrected chi connectivity index (χ3v) is 5.54. The van der Waals surface area contributed by atoms with Crippen LogP contribution in [0, 0.1) is 13.8 Å². The van der Waals surface area contributed by atoms with E-state index in [0.29, 0.717) is 28.5 Å². The molecule has 0 bridgehead atoms. The lowest BCUT2D eigenvalue weighted by atomic mass is 10.1. The third-order valence-electron chi connectivity index (χ3n) is 5.54. The Morgan fingerprint density at radius 3 is 2.31 bits per heavy atom. The highest BCUT2D eigenvalue weighted by Crippen LogP contribution is 2.28. The summed E-state index contributed by atoms with van der Waals surface area (Å²) in [7, 11) is 0. The fourth-order valence-electron chi connectivity index (χ4n) is 3.65. The molecule has 0 saturated carbocycles. The molecular weight excluding hydrogens is 448 g/mol. The largest absolute Gasteiger partial charge is 0.488 e. The van der Waals surface area contributed by atoms with E-state index < -0.39 is 18.5 Å². The molecule has 8 heteroatoms. The van der Waals surface area contributed by atoms with Gasteiger partial charge in [-0.3, -0.25) is 9.59 Å². The van der Waals surface area contributed by atoms with Gasteiger partial charge in [-0.05, 0) is 55.8 Å². The van der Waals surface area contributed by atoms with Gasteiger partial charge in [-0.25, -0.2) is 4.79 Å². The fraction of sp³-hybridized carbons (Fsp3) is 0.185. The number of benzene rings is 3. The number of aryl methyl sites for hydroxylation is 2. The fourth-order valence-corrected chi connectivity index (χ4v) is 3.65. The molecule has 1 N–H and O–H groups in total. The second kappa shape index (κ2) is 10.2. The SMILES string of the molecule is CC(=O)c1ccccc1NC(=O)COC(=O)c1cc2ccccc2cc1OCc1c(C)noc1C. The van der Waals surface area contributed by atoms with Gasteiger partial charge in [0.1, 0.15) is 23.7 Å². The van der Waals surface area contributed by atoms with Crippen LogP contribution in [0.15, 0.2) is 65.2 Å². The summed E-state index contributed by atoms with van der Waals surface area (Å²) in [5.41, 5.74) is 2.41. The topological polar surface area (TPSA) is 108 Å².